The van der Waals surface area contributed by atoms with Crippen LogP contribution < -0.4 is 15.4 Å². The molecule has 1 heterocycles. The maximum absolute atomic E-state index is 12.7. The van der Waals surface area contributed by atoms with Crippen LogP contribution in [0.4, 0.5) is 0 Å². The van der Waals surface area contributed by atoms with Gasteiger partial charge in [0, 0.05) is 20.1 Å². The summed E-state index contributed by atoms with van der Waals surface area (Å²) in [6, 6.07) is 7.19. The molecule has 0 saturated carbocycles. The van der Waals surface area contributed by atoms with Crippen molar-refractivity contribution in [3.8, 4) is 5.75 Å². The number of rotatable bonds is 7. The molecule has 1 unspecified atom stereocenters. The van der Waals surface area contributed by atoms with E-state index in [1.807, 2.05) is 6.07 Å². The number of hydrogen-bond acceptors (Lipinski definition) is 6. The molecule has 1 fully saturated rings. The van der Waals surface area contributed by atoms with Crippen LogP contribution in [0.5, 0.6) is 5.75 Å². The number of hydrogen-bond donors (Lipinski definition) is 2. The molecule has 2 rings (SSSR count). The third-order valence-electron chi connectivity index (χ3n) is 4.90. The number of nitrogens with zero attached hydrogens (tertiary/aromatic N) is 2. The molecule has 1 saturated heterocycles. The Morgan fingerprint density at radius 1 is 1.28 bits per heavy atom. The zero-order chi connectivity index (χ0) is 21.8. The Kier molecular flexibility index (Phi) is 6.85. The molecule has 0 radical (unpaired) electrons. The molecule has 11 heteroatoms. The Morgan fingerprint density at radius 2 is 1.97 bits per heavy atom. The molecule has 2 N–H and O–H groups in total. The van der Waals surface area contributed by atoms with Gasteiger partial charge in [-0.15, -0.1) is 0 Å². The molecular weight excluding hydrogens is 400 g/mol. The van der Waals surface area contributed by atoms with E-state index in [-0.39, 0.29) is 26.2 Å². The van der Waals surface area contributed by atoms with Crippen LogP contribution in [-0.4, -0.2) is 80.9 Å². The zero-order valence-electron chi connectivity index (χ0n) is 16.9. The lowest BCUT2D eigenvalue weighted by Crippen LogP contribution is -2.68. The SMILES string of the molecule is COc1cccc(CNC(=O)CNC(=O)C2(C)CN(S(C)(=O)=O)CC(=O)N2C)c1. The van der Waals surface area contributed by atoms with Gasteiger partial charge in [-0.05, 0) is 24.6 Å². The van der Waals surface area contributed by atoms with E-state index in [4.69, 9.17) is 4.74 Å². The van der Waals surface area contributed by atoms with E-state index in [1.54, 1.807) is 25.3 Å². The molecule has 10 nitrogen and oxygen atoms in total. The van der Waals surface area contributed by atoms with Crippen molar-refractivity contribution in [2.75, 3.05) is 40.0 Å². The van der Waals surface area contributed by atoms with Crippen LogP contribution in [0.25, 0.3) is 0 Å². The molecule has 29 heavy (non-hydrogen) atoms. The highest BCUT2D eigenvalue weighted by molar-refractivity contribution is 7.88. The summed E-state index contributed by atoms with van der Waals surface area (Å²) in [5.41, 5.74) is -0.594. The van der Waals surface area contributed by atoms with E-state index in [9.17, 15) is 22.8 Å². The first-order valence-corrected chi connectivity index (χ1v) is 10.7. The molecule has 1 aromatic rings. The van der Waals surface area contributed by atoms with E-state index in [2.05, 4.69) is 10.6 Å². The summed E-state index contributed by atoms with van der Waals surface area (Å²) in [5, 5.41) is 5.16. The number of sulfonamides is 1. The second-order valence-electron chi connectivity index (χ2n) is 7.07. The highest BCUT2D eigenvalue weighted by Gasteiger charge is 2.47. The molecule has 1 aliphatic heterocycles. The van der Waals surface area contributed by atoms with Gasteiger partial charge in [0.15, 0.2) is 0 Å². The van der Waals surface area contributed by atoms with Gasteiger partial charge in [-0.3, -0.25) is 14.4 Å². The summed E-state index contributed by atoms with van der Waals surface area (Å²) in [6.45, 7) is 0.902. The maximum atomic E-state index is 12.7. The standard InChI is InChI=1S/C18H26N4O6S/c1-18(12-22(29(4,26)27)11-16(24)21(18)2)17(25)20-10-15(23)19-9-13-6-5-7-14(8-13)28-3/h5-8H,9-12H2,1-4H3,(H,19,23)(H,20,25). The van der Waals surface area contributed by atoms with Gasteiger partial charge in [0.25, 0.3) is 0 Å². The highest BCUT2D eigenvalue weighted by atomic mass is 32.2. The number of likely N-dealkylation sites (N-methyl/N-ethyl adjacent to an activating group) is 1. The number of ether oxygens (including phenoxy) is 1. The van der Waals surface area contributed by atoms with Crippen molar-refractivity contribution in [3.05, 3.63) is 29.8 Å². The topological polar surface area (TPSA) is 125 Å². The third kappa shape index (κ3) is 5.45. The number of nitrogens with one attached hydrogen (secondary N) is 2. The maximum Gasteiger partial charge on any atom is 0.247 e. The van der Waals surface area contributed by atoms with Crippen molar-refractivity contribution in [2.24, 2.45) is 0 Å². The third-order valence-corrected chi connectivity index (χ3v) is 6.10. The lowest BCUT2D eigenvalue weighted by atomic mass is 9.96. The molecule has 0 aliphatic carbocycles. The van der Waals surface area contributed by atoms with Gasteiger partial charge in [0.1, 0.15) is 11.3 Å². The van der Waals surface area contributed by atoms with Crippen LogP contribution in [0.2, 0.25) is 0 Å². The second-order valence-corrected chi connectivity index (χ2v) is 9.05. The summed E-state index contributed by atoms with van der Waals surface area (Å²) in [4.78, 5) is 38.2. The Morgan fingerprint density at radius 3 is 2.59 bits per heavy atom. The normalized spacial score (nSPS) is 20.3. The average Bonchev–Trinajstić information content (AvgIpc) is 2.67. The minimum Gasteiger partial charge on any atom is -0.497 e. The fraction of sp³-hybridized carbons (Fsp3) is 0.500. The number of benzene rings is 1. The number of amides is 3. The van der Waals surface area contributed by atoms with Gasteiger partial charge in [-0.1, -0.05) is 12.1 Å². The predicted octanol–water partition coefficient (Wildman–Crippen LogP) is -1.08. The number of carbonyl (C=O) groups is 3. The molecule has 160 valence electrons. The van der Waals surface area contributed by atoms with Crippen molar-refractivity contribution >= 4 is 27.7 Å². The average molecular weight is 426 g/mol. The molecule has 1 aromatic carbocycles. The van der Waals surface area contributed by atoms with Gasteiger partial charge >= 0.3 is 0 Å². The Bertz CT molecular complexity index is 903. The van der Waals surface area contributed by atoms with Crippen molar-refractivity contribution in [2.45, 2.75) is 19.0 Å². The van der Waals surface area contributed by atoms with E-state index >= 15 is 0 Å². The first kappa shape index (κ1) is 22.6. The fourth-order valence-corrected chi connectivity index (χ4v) is 3.72. The lowest BCUT2D eigenvalue weighted by molar-refractivity contribution is -0.150. The smallest absolute Gasteiger partial charge is 0.247 e. The van der Waals surface area contributed by atoms with Crippen LogP contribution in [-0.2, 0) is 31.0 Å². The summed E-state index contributed by atoms with van der Waals surface area (Å²) < 4.78 is 29.7. The van der Waals surface area contributed by atoms with Gasteiger partial charge in [0.2, 0.25) is 27.7 Å². The van der Waals surface area contributed by atoms with E-state index in [0.717, 1.165) is 16.1 Å². The minimum absolute atomic E-state index is 0.189. The quantitative estimate of drug-likeness (QED) is 0.571. The largest absolute Gasteiger partial charge is 0.497 e. The summed E-state index contributed by atoms with van der Waals surface area (Å²) in [7, 11) is -0.665. The highest BCUT2D eigenvalue weighted by Crippen LogP contribution is 2.22. The first-order valence-electron chi connectivity index (χ1n) is 8.87. The Balaban J connectivity index is 1.95. The number of methoxy groups -OCH3 is 1. The summed E-state index contributed by atoms with van der Waals surface area (Å²) in [6.07, 6.45) is 0.982. The van der Waals surface area contributed by atoms with Crippen LogP contribution in [0.3, 0.4) is 0 Å². The van der Waals surface area contributed by atoms with Crippen LogP contribution in [0.1, 0.15) is 12.5 Å². The van der Waals surface area contributed by atoms with E-state index in [1.165, 1.54) is 18.9 Å². The second kappa shape index (κ2) is 8.78. The van der Waals surface area contributed by atoms with Crippen molar-refractivity contribution in [1.82, 2.24) is 19.8 Å². The van der Waals surface area contributed by atoms with Crippen LogP contribution >= 0.6 is 0 Å². The monoisotopic (exact) mass is 426 g/mol. The van der Waals surface area contributed by atoms with Gasteiger partial charge in [0.05, 0.1) is 26.5 Å². The van der Waals surface area contributed by atoms with Crippen molar-refractivity contribution < 1.29 is 27.5 Å². The molecule has 3 amide bonds. The van der Waals surface area contributed by atoms with Crippen molar-refractivity contribution in [1.29, 1.82) is 0 Å². The van der Waals surface area contributed by atoms with E-state index < -0.39 is 33.3 Å². The van der Waals surface area contributed by atoms with Gasteiger partial charge in [-0.2, -0.15) is 4.31 Å². The molecule has 0 spiro atoms. The molecule has 1 aliphatic rings. The molecule has 1 atom stereocenters. The lowest BCUT2D eigenvalue weighted by Gasteiger charge is -2.44. The Hall–Kier alpha value is -2.66. The summed E-state index contributed by atoms with van der Waals surface area (Å²) in [5.74, 6) is -0.868. The van der Waals surface area contributed by atoms with Gasteiger partial charge in [-0.25, -0.2) is 8.42 Å². The fourth-order valence-electron chi connectivity index (χ4n) is 2.89. The minimum atomic E-state index is -3.65. The molecule has 0 bridgehead atoms. The predicted molar refractivity (Wildman–Crippen MR) is 105 cm³/mol. The molecule has 0 aromatic heterocycles. The number of piperazine rings is 1. The molecular formula is C18H26N4O6S. The van der Waals surface area contributed by atoms with Crippen LogP contribution in [0.15, 0.2) is 24.3 Å². The Labute approximate surface area is 170 Å². The van der Waals surface area contributed by atoms with Crippen molar-refractivity contribution in [3.63, 3.8) is 0 Å². The van der Waals surface area contributed by atoms with Gasteiger partial charge < -0.3 is 20.3 Å². The zero-order valence-corrected chi connectivity index (χ0v) is 17.7. The van der Waals surface area contributed by atoms with E-state index in [0.29, 0.717) is 5.75 Å². The van der Waals surface area contributed by atoms with Crippen LogP contribution in [0, 0.1) is 0 Å². The first-order chi connectivity index (χ1) is 13.5. The summed E-state index contributed by atoms with van der Waals surface area (Å²) >= 11 is 0. The number of carbonyl (C=O) groups excluding carboxylic acids is 3.